The number of hydrogen-bond donors (Lipinski definition) is 0. The van der Waals surface area contributed by atoms with Gasteiger partial charge < -0.3 is 4.90 Å². The molecule has 0 bridgehead atoms. The second-order valence-corrected chi connectivity index (χ2v) is 7.51. The first-order chi connectivity index (χ1) is 12.6. The van der Waals surface area contributed by atoms with Crippen LogP contribution < -0.4 is 0 Å². The van der Waals surface area contributed by atoms with Crippen molar-refractivity contribution in [2.45, 2.75) is 76.3 Å². The van der Waals surface area contributed by atoms with E-state index in [1.807, 2.05) is 0 Å². The molecule has 0 saturated heterocycles. The molecule has 1 aromatic rings. The molecule has 2 saturated carbocycles. The van der Waals surface area contributed by atoms with Crippen molar-refractivity contribution in [3.63, 3.8) is 0 Å². The number of non-ortho nitro benzene ring substituents is 1. The lowest BCUT2D eigenvalue weighted by atomic mass is 9.88. The maximum absolute atomic E-state index is 13.0. The number of amides is 1. The van der Waals surface area contributed by atoms with E-state index in [2.05, 4.69) is 4.90 Å². The van der Waals surface area contributed by atoms with Crippen LogP contribution in [0.25, 0.3) is 6.08 Å². The fourth-order valence-corrected chi connectivity index (χ4v) is 4.34. The Morgan fingerprint density at radius 2 is 1.42 bits per heavy atom. The minimum Gasteiger partial charge on any atom is -0.333 e. The van der Waals surface area contributed by atoms with Gasteiger partial charge in [0, 0.05) is 30.3 Å². The highest BCUT2D eigenvalue weighted by molar-refractivity contribution is 5.92. The lowest BCUT2D eigenvalue weighted by molar-refractivity contribution is -0.384. The van der Waals surface area contributed by atoms with Gasteiger partial charge in [-0.05, 0) is 49.5 Å². The normalized spacial score (nSPS) is 19.5. The van der Waals surface area contributed by atoms with Gasteiger partial charge in [0.1, 0.15) is 0 Å². The first-order valence-corrected chi connectivity index (χ1v) is 9.90. The van der Waals surface area contributed by atoms with E-state index in [0.29, 0.717) is 12.1 Å². The second-order valence-electron chi connectivity index (χ2n) is 7.51. The van der Waals surface area contributed by atoms with E-state index in [1.54, 1.807) is 24.3 Å². The molecule has 0 spiro atoms. The predicted octanol–water partition coefficient (Wildman–Crippen LogP) is 5.10. The largest absolute Gasteiger partial charge is 0.333 e. The van der Waals surface area contributed by atoms with E-state index in [0.717, 1.165) is 31.2 Å². The zero-order valence-electron chi connectivity index (χ0n) is 15.3. The van der Waals surface area contributed by atoms with Gasteiger partial charge in [-0.15, -0.1) is 0 Å². The SMILES string of the molecule is O=C(C=Cc1ccc([N+](=O)[O-])cc1)N(C1CCCCC1)C1CCCCC1. The van der Waals surface area contributed by atoms with Crippen molar-refractivity contribution in [2.24, 2.45) is 0 Å². The van der Waals surface area contributed by atoms with E-state index >= 15 is 0 Å². The van der Waals surface area contributed by atoms with Gasteiger partial charge in [-0.1, -0.05) is 38.5 Å². The standard InChI is InChI=1S/C21H28N2O3/c24-21(16-13-17-11-14-20(15-12-17)23(25)26)22(18-7-3-1-4-8-18)19-9-5-2-6-10-19/h11-16,18-19H,1-10H2. The molecule has 1 aromatic carbocycles. The van der Waals surface area contributed by atoms with Crippen LogP contribution in [0.4, 0.5) is 5.69 Å². The summed E-state index contributed by atoms with van der Waals surface area (Å²) in [5, 5.41) is 10.7. The van der Waals surface area contributed by atoms with Crippen molar-refractivity contribution in [1.82, 2.24) is 4.90 Å². The number of rotatable bonds is 5. The van der Waals surface area contributed by atoms with E-state index < -0.39 is 4.92 Å². The molecule has 5 nitrogen and oxygen atoms in total. The first-order valence-electron chi connectivity index (χ1n) is 9.90. The van der Waals surface area contributed by atoms with Crippen LogP contribution in [0.2, 0.25) is 0 Å². The molecule has 5 heteroatoms. The Bertz CT molecular complexity index is 624. The predicted molar refractivity (Wildman–Crippen MR) is 103 cm³/mol. The summed E-state index contributed by atoms with van der Waals surface area (Å²) in [5.74, 6) is 0.0992. The van der Waals surface area contributed by atoms with Gasteiger partial charge in [0.05, 0.1) is 4.92 Å². The van der Waals surface area contributed by atoms with Crippen molar-refractivity contribution in [3.05, 3.63) is 46.0 Å². The molecule has 1 amide bonds. The molecule has 140 valence electrons. The minimum absolute atomic E-state index is 0.0690. The zero-order chi connectivity index (χ0) is 18.4. The highest BCUT2D eigenvalue weighted by Crippen LogP contribution is 2.30. The molecular formula is C21H28N2O3. The summed E-state index contributed by atoms with van der Waals surface area (Å²) in [6.45, 7) is 0. The van der Waals surface area contributed by atoms with E-state index in [1.165, 1.54) is 50.7 Å². The Balaban J connectivity index is 1.72. The van der Waals surface area contributed by atoms with Crippen LogP contribution in [0, 0.1) is 10.1 Å². The summed E-state index contributed by atoms with van der Waals surface area (Å²) in [6.07, 6.45) is 15.3. The molecule has 0 heterocycles. The molecule has 0 unspecified atom stereocenters. The summed E-state index contributed by atoms with van der Waals surface area (Å²) in [4.78, 5) is 25.5. The van der Waals surface area contributed by atoms with Gasteiger partial charge in [-0.3, -0.25) is 14.9 Å². The lowest BCUT2D eigenvalue weighted by Gasteiger charge is -2.41. The van der Waals surface area contributed by atoms with E-state index in [4.69, 9.17) is 0 Å². The average Bonchev–Trinajstić information content (AvgIpc) is 2.68. The first kappa shape index (κ1) is 18.6. The molecule has 0 atom stereocenters. The lowest BCUT2D eigenvalue weighted by Crippen LogP contribution is -2.48. The third kappa shape index (κ3) is 4.71. The fourth-order valence-electron chi connectivity index (χ4n) is 4.34. The Morgan fingerprint density at radius 3 is 1.88 bits per heavy atom. The molecule has 2 aliphatic rings. The molecule has 2 fully saturated rings. The van der Waals surface area contributed by atoms with Crippen LogP contribution in [0.15, 0.2) is 30.3 Å². The van der Waals surface area contributed by atoms with Crippen molar-refractivity contribution in [2.75, 3.05) is 0 Å². The molecule has 0 radical (unpaired) electrons. The number of benzene rings is 1. The summed E-state index contributed by atoms with van der Waals surface area (Å²) in [5.41, 5.74) is 0.885. The van der Waals surface area contributed by atoms with Gasteiger partial charge in [0.25, 0.3) is 5.69 Å². The summed E-state index contributed by atoms with van der Waals surface area (Å²) < 4.78 is 0. The van der Waals surface area contributed by atoms with E-state index in [9.17, 15) is 14.9 Å². The molecule has 0 aromatic heterocycles. The monoisotopic (exact) mass is 356 g/mol. The second kappa shape index (κ2) is 8.97. The van der Waals surface area contributed by atoms with Crippen LogP contribution >= 0.6 is 0 Å². The quantitative estimate of drug-likeness (QED) is 0.419. The molecular weight excluding hydrogens is 328 g/mol. The Kier molecular flexibility index (Phi) is 6.42. The average molecular weight is 356 g/mol. The molecule has 2 aliphatic carbocycles. The number of carbonyl (C=O) groups excluding carboxylic acids is 1. The number of nitro groups is 1. The molecule has 3 rings (SSSR count). The highest BCUT2D eigenvalue weighted by atomic mass is 16.6. The van der Waals surface area contributed by atoms with Crippen LogP contribution in [0.3, 0.4) is 0 Å². The van der Waals surface area contributed by atoms with Gasteiger partial charge in [-0.2, -0.15) is 0 Å². The Morgan fingerprint density at radius 1 is 0.923 bits per heavy atom. The Hall–Kier alpha value is -2.17. The highest BCUT2D eigenvalue weighted by Gasteiger charge is 2.31. The van der Waals surface area contributed by atoms with Crippen LogP contribution in [-0.2, 0) is 4.79 Å². The van der Waals surface area contributed by atoms with Gasteiger partial charge >= 0.3 is 0 Å². The molecule has 0 N–H and O–H groups in total. The maximum atomic E-state index is 13.0. The van der Waals surface area contributed by atoms with Gasteiger partial charge in [-0.25, -0.2) is 0 Å². The van der Waals surface area contributed by atoms with Crippen LogP contribution in [-0.4, -0.2) is 27.8 Å². The topological polar surface area (TPSA) is 63.4 Å². The van der Waals surface area contributed by atoms with Crippen LogP contribution in [0.5, 0.6) is 0 Å². The number of nitro benzene ring substituents is 1. The van der Waals surface area contributed by atoms with Crippen LogP contribution in [0.1, 0.15) is 69.8 Å². The minimum atomic E-state index is -0.410. The van der Waals surface area contributed by atoms with Crippen molar-refractivity contribution >= 4 is 17.7 Å². The third-order valence-electron chi connectivity index (χ3n) is 5.71. The van der Waals surface area contributed by atoms with Crippen molar-refractivity contribution < 1.29 is 9.72 Å². The maximum Gasteiger partial charge on any atom is 0.269 e. The summed E-state index contributed by atoms with van der Waals surface area (Å²) in [6, 6.07) is 7.08. The molecule has 26 heavy (non-hydrogen) atoms. The van der Waals surface area contributed by atoms with Crippen molar-refractivity contribution in [3.8, 4) is 0 Å². The Labute approximate surface area is 155 Å². The smallest absolute Gasteiger partial charge is 0.269 e. The summed E-state index contributed by atoms with van der Waals surface area (Å²) >= 11 is 0. The number of hydrogen-bond acceptors (Lipinski definition) is 3. The van der Waals surface area contributed by atoms with Crippen molar-refractivity contribution in [1.29, 1.82) is 0 Å². The molecule has 0 aliphatic heterocycles. The van der Waals surface area contributed by atoms with E-state index in [-0.39, 0.29) is 11.6 Å². The fraction of sp³-hybridized carbons (Fsp3) is 0.571. The third-order valence-corrected chi connectivity index (χ3v) is 5.71. The zero-order valence-corrected chi connectivity index (χ0v) is 15.3. The van der Waals surface area contributed by atoms with Gasteiger partial charge in [0.2, 0.25) is 5.91 Å². The number of carbonyl (C=O) groups is 1. The number of nitrogens with zero attached hydrogens (tertiary/aromatic N) is 2. The summed E-state index contributed by atoms with van der Waals surface area (Å²) in [7, 11) is 0. The van der Waals surface area contributed by atoms with Gasteiger partial charge in [0.15, 0.2) is 0 Å².